The fraction of sp³-hybridized carbons (Fsp3) is 0.500. The van der Waals surface area contributed by atoms with Gasteiger partial charge in [0.15, 0.2) is 0 Å². The molecule has 18 heavy (non-hydrogen) atoms. The van der Waals surface area contributed by atoms with Gasteiger partial charge in [-0.15, -0.1) is 12.4 Å². The summed E-state index contributed by atoms with van der Waals surface area (Å²) in [5.74, 6) is 0.238. The maximum absolute atomic E-state index is 12.1. The van der Waals surface area contributed by atoms with Gasteiger partial charge in [0.05, 0.1) is 6.42 Å². The Bertz CT molecular complexity index is 391. The summed E-state index contributed by atoms with van der Waals surface area (Å²) in [5.41, 5.74) is 2.34. The SMILES string of the molecule is Cc1ccc(CC(=O)N2CCN[C@@H](C)C2)cc1.Cl. The molecule has 1 aliphatic heterocycles. The van der Waals surface area contributed by atoms with Crippen LogP contribution in [0.5, 0.6) is 0 Å². The second-order valence-electron chi connectivity index (χ2n) is 4.86. The van der Waals surface area contributed by atoms with Gasteiger partial charge < -0.3 is 10.2 Å². The van der Waals surface area contributed by atoms with Crippen LogP contribution in [0, 0.1) is 6.92 Å². The van der Waals surface area contributed by atoms with Gasteiger partial charge in [0.2, 0.25) is 5.91 Å². The molecule has 1 aromatic carbocycles. The summed E-state index contributed by atoms with van der Waals surface area (Å²) in [5, 5.41) is 3.34. The Morgan fingerprint density at radius 2 is 2.06 bits per heavy atom. The second-order valence-corrected chi connectivity index (χ2v) is 4.86. The lowest BCUT2D eigenvalue weighted by atomic mass is 10.1. The van der Waals surface area contributed by atoms with E-state index >= 15 is 0 Å². The van der Waals surface area contributed by atoms with Crippen LogP contribution in [0.4, 0.5) is 0 Å². The number of carbonyl (C=O) groups excluding carboxylic acids is 1. The fourth-order valence-electron chi connectivity index (χ4n) is 2.15. The summed E-state index contributed by atoms with van der Waals surface area (Å²) in [6, 6.07) is 8.61. The van der Waals surface area contributed by atoms with Crippen molar-refractivity contribution in [3.63, 3.8) is 0 Å². The van der Waals surface area contributed by atoms with Gasteiger partial charge in [-0.3, -0.25) is 4.79 Å². The molecule has 1 atom stereocenters. The number of halogens is 1. The first-order valence-corrected chi connectivity index (χ1v) is 6.22. The highest BCUT2D eigenvalue weighted by atomic mass is 35.5. The summed E-state index contributed by atoms with van der Waals surface area (Å²) in [6.45, 7) is 6.73. The van der Waals surface area contributed by atoms with Gasteiger partial charge in [-0.1, -0.05) is 29.8 Å². The first-order chi connectivity index (χ1) is 8.15. The van der Waals surface area contributed by atoms with Gasteiger partial charge in [-0.2, -0.15) is 0 Å². The predicted octanol–water partition coefficient (Wildman–Crippen LogP) is 1.78. The fourth-order valence-corrected chi connectivity index (χ4v) is 2.15. The Balaban J connectivity index is 0.00000162. The molecule has 4 heteroatoms. The molecule has 0 spiro atoms. The number of nitrogens with zero attached hydrogens (tertiary/aromatic N) is 1. The van der Waals surface area contributed by atoms with Crippen LogP contribution in [0.3, 0.4) is 0 Å². The number of rotatable bonds is 2. The molecule has 0 aromatic heterocycles. The summed E-state index contributed by atoms with van der Waals surface area (Å²) in [6.07, 6.45) is 0.521. The number of carbonyl (C=O) groups is 1. The number of aryl methyl sites for hydroxylation is 1. The predicted molar refractivity (Wildman–Crippen MR) is 76.2 cm³/mol. The van der Waals surface area contributed by atoms with E-state index in [-0.39, 0.29) is 18.3 Å². The van der Waals surface area contributed by atoms with E-state index in [1.54, 1.807) is 0 Å². The van der Waals surface area contributed by atoms with Gasteiger partial charge in [-0.05, 0) is 19.4 Å². The highest BCUT2D eigenvalue weighted by molar-refractivity contribution is 5.85. The third-order valence-corrected chi connectivity index (χ3v) is 3.20. The zero-order chi connectivity index (χ0) is 12.3. The average molecular weight is 269 g/mol. The first-order valence-electron chi connectivity index (χ1n) is 6.22. The van der Waals surface area contributed by atoms with Crippen molar-refractivity contribution in [2.75, 3.05) is 19.6 Å². The summed E-state index contributed by atoms with van der Waals surface area (Å²) < 4.78 is 0. The Morgan fingerprint density at radius 1 is 1.39 bits per heavy atom. The molecule has 1 aliphatic rings. The molecule has 0 aliphatic carbocycles. The van der Waals surface area contributed by atoms with Crippen molar-refractivity contribution in [1.82, 2.24) is 10.2 Å². The van der Waals surface area contributed by atoms with E-state index in [0.29, 0.717) is 12.5 Å². The van der Waals surface area contributed by atoms with Gasteiger partial charge in [0.25, 0.3) is 0 Å². The summed E-state index contributed by atoms with van der Waals surface area (Å²) in [4.78, 5) is 14.1. The van der Waals surface area contributed by atoms with Crippen LogP contribution in [0.2, 0.25) is 0 Å². The van der Waals surface area contributed by atoms with Crippen molar-refractivity contribution in [3.05, 3.63) is 35.4 Å². The van der Waals surface area contributed by atoms with Crippen molar-refractivity contribution < 1.29 is 4.79 Å². The second kappa shape index (κ2) is 6.76. The van der Waals surface area contributed by atoms with Gasteiger partial charge >= 0.3 is 0 Å². The van der Waals surface area contributed by atoms with Crippen molar-refractivity contribution in [1.29, 1.82) is 0 Å². The molecule has 100 valence electrons. The van der Waals surface area contributed by atoms with E-state index in [1.807, 2.05) is 17.0 Å². The molecule has 3 nitrogen and oxygen atoms in total. The molecule has 2 rings (SSSR count). The number of amides is 1. The largest absolute Gasteiger partial charge is 0.340 e. The molecule has 0 radical (unpaired) electrons. The first kappa shape index (κ1) is 15.0. The lowest BCUT2D eigenvalue weighted by Crippen LogP contribution is -2.51. The molecule has 1 amide bonds. The molecule has 1 fully saturated rings. The Hall–Kier alpha value is -1.06. The van der Waals surface area contributed by atoms with Crippen molar-refractivity contribution in [2.45, 2.75) is 26.3 Å². The number of nitrogens with one attached hydrogen (secondary N) is 1. The van der Waals surface area contributed by atoms with E-state index in [9.17, 15) is 4.79 Å². The average Bonchev–Trinajstić information content (AvgIpc) is 2.32. The van der Waals surface area contributed by atoms with Crippen LogP contribution in [-0.4, -0.2) is 36.5 Å². The van der Waals surface area contributed by atoms with E-state index in [4.69, 9.17) is 0 Å². The van der Waals surface area contributed by atoms with Crippen LogP contribution in [0.1, 0.15) is 18.1 Å². The van der Waals surface area contributed by atoms with Crippen LogP contribution < -0.4 is 5.32 Å². The Morgan fingerprint density at radius 3 is 2.67 bits per heavy atom. The lowest BCUT2D eigenvalue weighted by molar-refractivity contribution is -0.131. The van der Waals surface area contributed by atoms with Crippen LogP contribution in [-0.2, 0) is 11.2 Å². The molecule has 1 aromatic rings. The number of hydrogen-bond acceptors (Lipinski definition) is 2. The number of hydrogen-bond donors (Lipinski definition) is 1. The van der Waals surface area contributed by atoms with Crippen LogP contribution >= 0.6 is 12.4 Å². The van der Waals surface area contributed by atoms with E-state index in [1.165, 1.54) is 5.56 Å². The molecule has 0 saturated carbocycles. The molecular formula is C14H21ClN2O. The monoisotopic (exact) mass is 268 g/mol. The quantitative estimate of drug-likeness (QED) is 0.887. The van der Waals surface area contributed by atoms with Crippen LogP contribution in [0.15, 0.2) is 24.3 Å². The lowest BCUT2D eigenvalue weighted by Gasteiger charge is -2.32. The van der Waals surface area contributed by atoms with Gasteiger partial charge in [-0.25, -0.2) is 0 Å². The minimum Gasteiger partial charge on any atom is -0.340 e. The van der Waals surface area contributed by atoms with Crippen molar-refractivity contribution in [3.8, 4) is 0 Å². The molecule has 1 N–H and O–H groups in total. The van der Waals surface area contributed by atoms with Gasteiger partial charge in [0.1, 0.15) is 0 Å². The molecule has 0 unspecified atom stereocenters. The van der Waals surface area contributed by atoms with Crippen molar-refractivity contribution >= 4 is 18.3 Å². The minimum atomic E-state index is 0. The molecule has 0 bridgehead atoms. The minimum absolute atomic E-state index is 0. The van der Waals surface area contributed by atoms with E-state index < -0.39 is 0 Å². The maximum atomic E-state index is 12.1. The third-order valence-electron chi connectivity index (χ3n) is 3.20. The zero-order valence-electron chi connectivity index (χ0n) is 11.0. The number of benzene rings is 1. The van der Waals surface area contributed by atoms with Gasteiger partial charge in [0, 0.05) is 25.7 Å². The van der Waals surface area contributed by atoms with Crippen LogP contribution in [0.25, 0.3) is 0 Å². The van der Waals surface area contributed by atoms with E-state index in [0.717, 1.165) is 25.2 Å². The highest BCUT2D eigenvalue weighted by Gasteiger charge is 2.20. The standard InChI is InChI=1S/C14H20N2O.ClH/c1-11-3-5-13(6-4-11)9-14(17)16-8-7-15-12(2)10-16;/h3-6,12,15H,7-10H2,1-2H3;1H/t12-;/m0./s1. The normalized spacial score (nSPS) is 19.2. The molecule has 1 saturated heterocycles. The summed E-state index contributed by atoms with van der Waals surface area (Å²) >= 11 is 0. The Kier molecular flexibility index (Phi) is 5.63. The van der Waals surface area contributed by atoms with E-state index in [2.05, 4.69) is 31.3 Å². The highest BCUT2D eigenvalue weighted by Crippen LogP contribution is 2.07. The summed E-state index contributed by atoms with van der Waals surface area (Å²) in [7, 11) is 0. The zero-order valence-corrected chi connectivity index (χ0v) is 11.8. The topological polar surface area (TPSA) is 32.3 Å². The van der Waals surface area contributed by atoms with Crippen molar-refractivity contribution in [2.24, 2.45) is 0 Å². The Labute approximate surface area is 115 Å². The third kappa shape index (κ3) is 4.00. The number of piperazine rings is 1. The molecular weight excluding hydrogens is 248 g/mol. The smallest absolute Gasteiger partial charge is 0.227 e. The maximum Gasteiger partial charge on any atom is 0.227 e. The molecule has 1 heterocycles.